The van der Waals surface area contributed by atoms with Crippen LogP contribution in [-0.4, -0.2) is 46.4 Å². The van der Waals surface area contributed by atoms with Crippen LogP contribution in [0.4, 0.5) is 0 Å². The lowest BCUT2D eigenvalue weighted by Gasteiger charge is -2.21. The van der Waals surface area contributed by atoms with Gasteiger partial charge in [0.05, 0.1) is 16.9 Å². The summed E-state index contributed by atoms with van der Waals surface area (Å²) in [4.78, 5) is 34.6. The summed E-state index contributed by atoms with van der Waals surface area (Å²) in [7, 11) is 1.35. The van der Waals surface area contributed by atoms with E-state index in [0.717, 1.165) is 17.1 Å². The van der Waals surface area contributed by atoms with Gasteiger partial charge in [0, 0.05) is 18.9 Å². The van der Waals surface area contributed by atoms with Crippen molar-refractivity contribution in [2.45, 2.75) is 18.9 Å². The van der Waals surface area contributed by atoms with E-state index >= 15 is 0 Å². The number of likely N-dealkylation sites (tertiary alicyclic amines) is 1. The van der Waals surface area contributed by atoms with Crippen LogP contribution >= 0.6 is 11.3 Å². The molecule has 0 unspecified atom stereocenters. The number of carbonyl (C=O) groups excluding carboxylic acids is 2. The van der Waals surface area contributed by atoms with Crippen molar-refractivity contribution >= 4 is 23.2 Å². The first-order valence-electron chi connectivity index (χ1n) is 6.69. The van der Waals surface area contributed by atoms with Crippen molar-refractivity contribution in [1.29, 1.82) is 0 Å². The highest BCUT2D eigenvalue weighted by Crippen LogP contribution is 2.28. The Morgan fingerprint density at radius 2 is 2.33 bits per heavy atom. The highest BCUT2D eigenvalue weighted by atomic mass is 32.1. The molecule has 1 aliphatic rings. The SMILES string of the molecule is COC(=O)[C@@H]1CCCN1C(=O)c1ccc(-c2ncc[nH]2)s1. The molecule has 0 saturated carbocycles. The Hall–Kier alpha value is -2.15. The fourth-order valence-electron chi connectivity index (χ4n) is 2.51. The van der Waals surface area contributed by atoms with Gasteiger partial charge < -0.3 is 14.6 Å². The summed E-state index contributed by atoms with van der Waals surface area (Å²) in [6.45, 7) is 0.590. The van der Waals surface area contributed by atoms with Gasteiger partial charge in [-0.15, -0.1) is 11.3 Å². The first kappa shape index (κ1) is 13.8. The largest absolute Gasteiger partial charge is 0.467 e. The fourth-order valence-corrected chi connectivity index (χ4v) is 3.43. The van der Waals surface area contributed by atoms with Crippen LogP contribution in [0.5, 0.6) is 0 Å². The van der Waals surface area contributed by atoms with E-state index in [2.05, 4.69) is 9.97 Å². The highest BCUT2D eigenvalue weighted by Gasteiger charge is 2.35. The number of carbonyl (C=O) groups is 2. The monoisotopic (exact) mass is 305 g/mol. The average molecular weight is 305 g/mol. The van der Waals surface area contributed by atoms with Gasteiger partial charge in [0.1, 0.15) is 11.9 Å². The molecular formula is C14H15N3O3S. The van der Waals surface area contributed by atoms with Gasteiger partial charge in [0.2, 0.25) is 0 Å². The maximum Gasteiger partial charge on any atom is 0.328 e. The van der Waals surface area contributed by atoms with E-state index in [-0.39, 0.29) is 11.9 Å². The van der Waals surface area contributed by atoms with Crippen LogP contribution < -0.4 is 0 Å². The summed E-state index contributed by atoms with van der Waals surface area (Å²) in [5.41, 5.74) is 0. The van der Waals surface area contributed by atoms with E-state index in [9.17, 15) is 9.59 Å². The van der Waals surface area contributed by atoms with Gasteiger partial charge in [-0.2, -0.15) is 0 Å². The third-order valence-electron chi connectivity index (χ3n) is 3.54. The molecule has 3 heterocycles. The second-order valence-electron chi connectivity index (χ2n) is 4.78. The molecule has 2 aromatic rings. The fraction of sp³-hybridized carbons (Fsp3) is 0.357. The number of thiophene rings is 1. The van der Waals surface area contributed by atoms with E-state index in [0.29, 0.717) is 17.8 Å². The van der Waals surface area contributed by atoms with E-state index < -0.39 is 6.04 Å². The minimum Gasteiger partial charge on any atom is -0.467 e. The third-order valence-corrected chi connectivity index (χ3v) is 4.62. The number of nitrogens with zero attached hydrogens (tertiary/aromatic N) is 2. The van der Waals surface area contributed by atoms with E-state index in [1.807, 2.05) is 6.07 Å². The zero-order chi connectivity index (χ0) is 14.8. The maximum absolute atomic E-state index is 12.6. The first-order chi connectivity index (χ1) is 10.2. The smallest absolute Gasteiger partial charge is 0.328 e. The van der Waals surface area contributed by atoms with E-state index in [1.54, 1.807) is 23.4 Å². The number of hydrogen-bond donors (Lipinski definition) is 1. The molecule has 21 heavy (non-hydrogen) atoms. The quantitative estimate of drug-likeness (QED) is 0.879. The lowest BCUT2D eigenvalue weighted by atomic mass is 10.2. The Morgan fingerprint density at radius 1 is 1.48 bits per heavy atom. The van der Waals surface area contributed by atoms with Gasteiger partial charge in [0.15, 0.2) is 0 Å². The zero-order valence-corrected chi connectivity index (χ0v) is 12.4. The number of H-pyrrole nitrogens is 1. The van der Waals surface area contributed by atoms with E-state index in [4.69, 9.17) is 4.74 Å². The van der Waals surface area contributed by atoms with Crippen LogP contribution in [0.3, 0.4) is 0 Å². The molecule has 110 valence electrons. The molecule has 0 aliphatic carbocycles. The summed E-state index contributed by atoms with van der Waals surface area (Å²) in [6.07, 6.45) is 4.89. The number of aromatic nitrogens is 2. The second-order valence-corrected chi connectivity index (χ2v) is 5.87. The molecule has 0 radical (unpaired) electrons. The first-order valence-corrected chi connectivity index (χ1v) is 7.50. The zero-order valence-electron chi connectivity index (χ0n) is 11.5. The van der Waals surface area contributed by atoms with Crippen LogP contribution in [-0.2, 0) is 9.53 Å². The van der Waals surface area contributed by atoms with E-state index in [1.165, 1.54) is 18.4 Å². The van der Waals surface area contributed by atoms with Crippen molar-refractivity contribution < 1.29 is 14.3 Å². The van der Waals surface area contributed by atoms with Crippen molar-refractivity contribution in [3.8, 4) is 10.7 Å². The number of amides is 1. The number of nitrogens with one attached hydrogen (secondary N) is 1. The molecule has 2 aromatic heterocycles. The number of methoxy groups -OCH3 is 1. The molecule has 1 fully saturated rings. The van der Waals surface area contributed by atoms with Crippen LogP contribution in [0, 0.1) is 0 Å². The normalized spacial score (nSPS) is 18.0. The summed E-state index contributed by atoms with van der Waals surface area (Å²) in [5.74, 6) is 0.277. The van der Waals surface area contributed by atoms with Crippen molar-refractivity contribution in [3.05, 3.63) is 29.4 Å². The molecule has 1 atom stereocenters. The van der Waals surface area contributed by atoms with Crippen molar-refractivity contribution in [1.82, 2.24) is 14.9 Å². The van der Waals surface area contributed by atoms with Gasteiger partial charge in [-0.25, -0.2) is 9.78 Å². The minimum atomic E-state index is -0.461. The number of esters is 1. The molecule has 0 spiro atoms. The molecule has 7 heteroatoms. The number of hydrogen-bond acceptors (Lipinski definition) is 5. The lowest BCUT2D eigenvalue weighted by molar-refractivity contribution is -0.145. The molecule has 6 nitrogen and oxygen atoms in total. The van der Waals surface area contributed by atoms with Crippen LogP contribution in [0.15, 0.2) is 24.5 Å². The molecule has 3 rings (SSSR count). The number of aromatic amines is 1. The second kappa shape index (κ2) is 5.69. The standard InChI is InChI=1S/C14H15N3O3S/c1-20-14(19)9-3-2-8-17(9)13(18)11-5-4-10(21-11)12-15-6-7-16-12/h4-7,9H,2-3,8H2,1H3,(H,15,16)/t9-/m0/s1. The Bertz CT molecular complexity index is 650. The van der Waals surface area contributed by atoms with Crippen LogP contribution in [0.1, 0.15) is 22.5 Å². The summed E-state index contributed by atoms with van der Waals surface area (Å²) >= 11 is 1.37. The molecule has 1 N–H and O–H groups in total. The molecule has 1 amide bonds. The topological polar surface area (TPSA) is 75.3 Å². The molecule has 0 bridgehead atoms. The number of imidazole rings is 1. The third kappa shape index (κ3) is 2.56. The summed E-state index contributed by atoms with van der Waals surface area (Å²) in [5, 5.41) is 0. The number of ether oxygens (including phenoxy) is 1. The van der Waals surface area contributed by atoms with Gasteiger partial charge in [0.25, 0.3) is 5.91 Å². The minimum absolute atomic E-state index is 0.120. The molecular weight excluding hydrogens is 290 g/mol. The van der Waals surface area contributed by atoms with Crippen molar-refractivity contribution in [2.24, 2.45) is 0 Å². The van der Waals surface area contributed by atoms with Crippen LogP contribution in [0.2, 0.25) is 0 Å². The summed E-state index contributed by atoms with van der Waals surface area (Å²) < 4.78 is 4.77. The Morgan fingerprint density at radius 3 is 3.05 bits per heavy atom. The van der Waals surface area contributed by atoms with Gasteiger partial charge in [-0.1, -0.05) is 0 Å². The molecule has 1 aliphatic heterocycles. The highest BCUT2D eigenvalue weighted by molar-refractivity contribution is 7.17. The van der Waals surface area contributed by atoms with Gasteiger partial charge >= 0.3 is 5.97 Å². The Balaban J connectivity index is 1.80. The predicted molar refractivity (Wildman–Crippen MR) is 78.0 cm³/mol. The van der Waals surface area contributed by atoms with Gasteiger partial charge in [-0.05, 0) is 25.0 Å². The summed E-state index contributed by atoms with van der Waals surface area (Å²) in [6, 6.07) is 3.17. The van der Waals surface area contributed by atoms with Gasteiger partial charge in [-0.3, -0.25) is 4.79 Å². The number of rotatable bonds is 3. The molecule has 0 aromatic carbocycles. The average Bonchev–Trinajstić information content (AvgIpc) is 3.25. The predicted octanol–water partition coefficient (Wildman–Crippen LogP) is 1.92. The maximum atomic E-state index is 12.6. The van der Waals surface area contributed by atoms with Crippen molar-refractivity contribution in [2.75, 3.05) is 13.7 Å². The Kier molecular flexibility index (Phi) is 3.74. The van der Waals surface area contributed by atoms with Crippen molar-refractivity contribution in [3.63, 3.8) is 0 Å². The Labute approximate surface area is 125 Å². The molecule has 1 saturated heterocycles. The van der Waals surface area contributed by atoms with Crippen LogP contribution in [0.25, 0.3) is 10.7 Å². The lowest BCUT2D eigenvalue weighted by Crippen LogP contribution is -2.40.